The average molecular weight is 296 g/mol. The SMILES string of the molecule is CC1=[N+](CCCCCO)c2ccc3ccccc3c2C1(C)C. The fraction of sp³-hybridized carbons (Fsp3) is 0.450. The van der Waals surface area contributed by atoms with Gasteiger partial charge >= 0.3 is 0 Å². The molecule has 1 heterocycles. The number of nitrogens with zero attached hydrogens (tertiary/aromatic N) is 1. The van der Waals surface area contributed by atoms with Crippen LogP contribution < -0.4 is 0 Å². The van der Waals surface area contributed by atoms with Crippen molar-refractivity contribution < 1.29 is 9.68 Å². The van der Waals surface area contributed by atoms with E-state index in [1.165, 1.54) is 27.7 Å². The van der Waals surface area contributed by atoms with Crippen molar-refractivity contribution in [2.45, 2.75) is 45.4 Å². The lowest BCUT2D eigenvalue weighted by Gasteiger charge is -2.17. The highest BCUT2D eigenvalue weighted by atomic mass is 16.2. The summed E-state index contributed by atoms with van der Waals surface area (Å²) in [4.78, 5) is 0. The third-order valence-electron chi connectivity index (χ3n) is 5.17. The Balaban J connectivity index is 2.04. The first-order chi connectivity index (χ1) is 10.6. The highest BCUT2D eigenvalue weighted by Gasteiger charge is 2.43. The van der Waals surface area contributed by atoms with E-state index in [2.05, 4.69) is 61.7 Å². The molecule has 0 amide bonds. The lowest BCUT2D eigenvalue weighted by atomic mass is 9.80. The van der Waals surface area contributed by atoms with Crippen LogP contribution in [0.15, 0.2) is 36.4 Å². The first-order valence-electron chi connectivity index (χ1n) is 8.32. The second-order valence-corrected chi connectivity index (χ2v) is 6.83. The summed E-state index contributed by atoms with van der Waals surface area (Å²) in [5.74, 6) is 0. The van der Waals surface area contributed by atoms with Crippen LogP contribution in [0.3, 0.4) is 0 Å². The van der Waals surface area contributed by atoms with Gasteiger partial charge in [0.15, 0.2) is 5.71 Å². The molecule has 2 nitrogen and oxygen atoms in total. The topological polar surface area (TPSA) is 23.2 Å². The van der Waals surface area contributed by atoms with E-state index in [-0.39, 0.29) is 5.41 Å². The molecule has 0 radical (unpaired) electrons. The van der Waals surface area contributed by atoms with Gasteiger partial charge in [0.25, 0.3) is 0 Å². The Kier molecular flexibility index (Phi) is 4.05. The predicted octanol–water partition coefficient (Wildman–Crippen LogP) is 4.40. The molecule has 0 bridgehead atoms. The minimum Gasteiger partial charge on any atom is -0.396 e. The summed E-state index contributed by atoms with van der Waals surface area (Å²) in [7, 11) is 0. The molecule has 2 aromatic carbocycles. The van der Waals surface area contributed by atoms with Crippen LogP contribution in [0.4, 0.5) is 5.69 Å². The normalized spacial score (nSPS) is 16.4. The number of aliphatic hydroxyl groups excluding tert-OH is 1. The highest BCUT2D eigenvalue weighted by molar-refractivity contribution is 6.01. The minimum atomic E-state index is 0.0766. The molecule has 0 aromatic heterocycles. The molecule has 22 heavy (non-hydrogen) atoms. The van der Waals surface area contributed by atoms with Gasteiger partial charge in [0.2, 0.25) is 5.69 Å². The van der Waals surface area contributed by atoms with E-state index in [1.807, 2.05) is 0 Å². The maximum Gasteiger partial charge on any atom is 0.210 e. The van der Waals surface area contributed by atoms with Gasteiger partial charge in [-0.2, -0.15) is 4.58 Å². The Morgan fingerprint density at radius 1 is 1.00 bits per heavy atom. The molecule has 2 heteroatoms. The molecular weight excluding hydrogens is 270 g/mol. The van der Waals surface area contributed by atoms with E-state index in [0.29, 0.717) is 6.61 Å². The van der Waals surface area contributed by atoms with Gasteiger partial charge in [0.1, 0.15) is 6.54 Å². The zero-order valence-corrected chi connectivity index (χ0v) is 13.9. The van der Waals surface area contributed by atoms with E-state index in [0.717, 1.165) is 25.8 Å². The lowest BCUT2D eigenvalue weighted by molar-refractivity contribution is -0.439. The van der Waals surface area contributed by atoms with Crippen molar-refractivity contribution in [2.24, 2.45) is 0 Å². The van der Waals surface area contributed by atoms with Crippen LogP contribution >= 0.6 is 0 Å². The summed E-state index contributed by atoms with van der Waals surface area (Å²) in [5, 5.41) is 11.7. The summed E-state index contributed by atoms with van der Waals surface area (Å²) in [6.07, 6.45) is 3.12. The number of rotatable bonds is 5. The van der Waals surface area contributed by atoms with Crippen LogP contribution in [0.25, 0.3) is 10.8 Å². The van der Waals surface area contributed by atoms with Crippen LogP contribution in [0.1, 0.15) is 45.6 Å². The summed E-state index contributed by atoms with van der Waals surface area (Å²) in [6, 6.07) is 13.2. The molecule has 0 atom stereocenters. The first kappa shape index (κ1) is 15.2. The molecular formula is C20H26NO+. The van der Waals surface area contributed by atoms with Crippen molar-refractivity contribution in [2.75, 3.05) is 13.2 Å². The average Bonchev–Trinajstić information content (AvgIpc) is 2.72. The van der Waals surface area contributed by atoms with Crippen LogP contribution in [0, 0.1) is 0 Å². The van der Waals surface area contributed by atoms with Crippen molar-refractivity contribution in [3.63, 3.8) is 0 Å². The molecule has 0 saturated heterocycles. The van der Waals surface area contributed by atoms with Crippen molar-refractivity contribution in [3.05, 3.63) is 42.0 Å². The van der Waals surface area contributed by atoms with Crippen LogP contribution in [-0.2, 0) is 5.41 Å². The number of hydrogen-bond donors (Lipinski definition) is 1. The van der Waals surface area contributed by atoms with E-state index >= 15 is 0 Å². The van der Waals surface area contributed by atoms with Crippen molar-refractivity contribution >= 4 is 22.2 Å². The van der Waals surface area contributed by atoms with Gasteiger partial charge in [0, 0.05) is 31.6 Å². The van der Waals surface area contributed by atoms with Crippen molar-refractivity contribution in [1.29, 1.82) is 0 Å². The Morgan fingerprint density at radius 3 is 2.55 bits per heavy atom. The molecule has 3 rings (SSSR count). The molecule has 0 aliphatic carbocycles. The monoisotopic (exact) mass is 296 g/mol. The molecule has 0 saturated carbocycles. The van der Waals surface area contributed by atoms with E-state index in [1.54, 1.807) is 0 Å². The number of aliphatic hydroxyl groups is 1. The third-order valence-corrected chi connectivity index (χ3v) is 5.17. The standard InChI is InChI=1S/C20H26NO/c1-15-20(2,3)19-17-10-6-5-9-16(17)11-12-18(19)21(15)13-7-4-8-14-22/h5-6,9-12,22H,4,7-8,13-14H2,1-3H3/q+1. The van der Waals surface area contributed by atoms with E-state index in [9.17, 15) is 0 Å². The quantitative estimate of drug-likeness (QED) is 0.641. The Bertz CT molecular complexity index is 728. The molecule has 116 valence electrons. The van der Waals surface area contributed by atoms with Crippen LogP contribution in [0.2, 0.25) is 0 Å². The second-order valence-electron chi connectivity index (χ2n) is 6.83. The Morgan fingerprint density at radius 2 is 1.77 bits per heavy atom. The lowest BCUT2D eigenvalue weighted by Crippen LogP contribution is -2.26. The third kappa shape index (κ3) is 2.36. The number of unbranched alkanes of at least 4 members (excludes halogenated alkanes) is 2. The molecule has 0 fully saturated rings. The van der Waals surface area contributed by atoms with Crippen molar-refractivity contribution in [3.8, 4) is 0 Å². The zero-order chi connectivity index (χ0) is 15.7. The predicted molar refractivity (Wildman–Crippen MR) is 93.4 cm³/mol. The fourth-order valence-corrected chi connectivity index (χ4v) is 3.69. The number of benzene rings is 2. The smallest absolute Gasteiger partial charge is 0.210 e. The number of fused-ring (bicyclic) bond motifs is 3. The van der Waals surface area contributed by atoms with Crippen LogP contribution in [-0.4, -0.2) is 28.5 Å². The van der Waals surface area contributed by atoms with Crippen LogP contribution in [0.5, 0.6) is 0 Å². The summed E-state index contributed by atoms with van der Waals surface area (Å²) in [5.41, 5.74) is 4.34. The maximum atomic E-state index is 8.95. The Labute approximate surface area is 133 Å². The maximum absolute atomic E-state index is 8.95. The van der Waals surface area contributed by atoms with Gasteiger partial charge < -0.3 is 5.11 Å². The summed E-state index contributed by atoms with van der Waals surface area (Å²) in [6.45, 7) is 8.28. The highest BCUT2D eigenvalue weighted by Crippen LogP contribution is 2.43. The molecule has 0 spiro atoms. The summed E-state index contributed by atoms with van der Waals surface area (Å²) < 4.78 is 2.49. The van der Waals surface area contributed by atoms with Gasteiger partial charge in [-0.05, 0) is 43.5 Å². The molecule has 1 aliphatic heterocycles. The molecule has 1 N–H and O–H groups in total. The fourth-order valence-electron chi connectivity index (χ4n) is 3.69. The molecule has 0 unspecified atom stereocenters. The largest absolute Gasteiger partial charge is 0.396 e. The van der Waals surface area contributed by atoms with Gasteiger partial charge in [-0.25, -0.2) is 0 Å². The second kappa shape index (κ2) is 5.85. The van der Waals surface area contributed by atoms with Gasteiger partial charge in [-0.15, -0.1) is 0 Å². The molecule has 1 aliphatic rings. The summed E-state index contributed by atoms with van der Waals surface area (Å²) >= 11 is 0. The van der Waals surface area contributed by atoms with Crippen molar-refractivity contribution in [1.82, 2.24) is 0 Å². The Hall–Kier alpha value is -1.67. The molecule has 2 aromatic rings. The van der Waals surface area contributed by atoms with E-state index < -0.39 is 0 Å². The van der Waals surface area contributed by atoms with Gasteiger partial charge in [-0.3, -0.25) is 0 Å². The first-order valence-corrected chi connectivity index (χ1v) is 8.32. The minimum absolute atomic E-state index is 0.0766. The van der Waals surface area contributed by atoms with E-state index in [4.69, 9.17) is 5.11 Å². The van der Waals surface area contributed by atoms with Gasteiger partial charge in [0.05, 0.1) is 5.41 Å². The van der Waals surface area contributed by atoms with Gasteiger partial charge in [-0.1, -0.05) is 24.3 Å². The number of hydrogen-bond acceptors (Lipinski definition) is 1. The zero-order valence-electron chi connectivity index (χ0n) is 13.9.